The highest BCUT2D eigenvalue weighted by Gasteiger charge is 2.10. The Labute approximate surface area is 157 Å². The highest BCUT2D eigenvalue weighted by Crippen LogP contribution is 2.19. The van der Waals surface area contributed by atoms with Gasteiger partial charge in [-0.15, -0.1) is 0 Å². The van der Waals surface area contributed by atoms with Crippen LogP contribution in [0, 0.1) is 0 Å². The molecule has 0 aromatic heterocycles. The number of rotatable bonds is 9. The number of nitrogens with one attached hydrogen (secondary N) is 3. The number of allylic oxidation sites excluding steroid dienone is 1. The molecular formula is C19H30N4O2S. The normalized spacial score (nSPS) is 15.4. The second-order valence-corrected chi connectivity index (χ2v) is 8.34. The lowest BCUT2D eigenvalue weighted by Gasteiger charge is -2.15. The average molecular weight is 379 g/mol. The van der Waals surface area contributed by atoms with Gasteiger partial charge < -0.3 is 10.6 Å². The maximum Gasteiger partial charge on any atom is 0.213 e. The minimum atomic E-state index is -3.33. The van der Waals surface area contributed by atoms with Gasteiger partial charge in [0.2, 0.25) is 10.0 Å². The van der Waals surface area contributed by atoms with E-state index in [4.69, 9.17) is 0 Å². The Hall–Kier alpha value is -1.86. The van der Waals surface area contributed by atoms with E-state index in [1.807, 2.05) is 30.3 Å². The number of hydrogen-bond donors (Lipinski definition) is 3. The lowest BCUT2D eigenvalue weighted by Crippen LogP contribution is -2.41. The second-order valence-electron chi connectivity index (χ2n) is 6.41. The molecule has 1 aliphatic rings. The number of sulfonamides is 1. The van der Waals surface area contributed by atoms with Gasteiger partial charge in [0.25, 0.3) is 0 Å². The molecule has 3 N–H and O–H groups in total. The highest BCUT2D eigenvalue weighted by molar-refractivity contribution is 7.89. The summed E-state index contributed by atoms with van der Waals surface area (Å²) >= 11 is 0. The lowest BCUT2D eigenvalue weighted by atomic mass is 9.97. The van der Waals surface area contributed by atoms with Crippen molar-refractivity contribution in [3.05, 3.63) is 47.5 Å². The van der Waals surface area contributed by atoms with Crippen LogP contribution in [0.15, 0.2) is 47.0 Å². The zero-order chi connectivity index (χ0) is 18.7. The van der Waals surface area contributed by atoms with Crippen molar-refractivity contribution in [1.82, 2.24) is 15.4 Å². The van der Waals surface area contributed by atoms with Crippen LogP contribution in [0.25, 0.3) is 0 Å². The first-order valence-electron chi connectivity index (χ1n) is 9.23. The molecule has 0 radical (unpaired) electrons. The predicted octanol–water partition coefficient (Wildman–Crippen LogP) is 2.16. The number of nitrogens with zero attached hydrogens (tertiary/aromatic N) is 1. The van der Waals surface area contributed by atoms with Crippen molar-refractivity contribution < 1.29 is 8.42 Å². The topological polar surface area (TPSA) is 82.6 Å². The molecule has 0 atom stereocenters. The van der Waals surface area contributed by atoms with Gasteiger partial charge in [-0.2, -0.15) is 0 Å². The first-order chi connectivity index (χ1) is 12.6. The standard InChI is InChI=1S/C19H30N4O2S/c1-20-19(21-13-12-17-8-4-2-5-9-17)22-14-15-26(24,25)23-16-18-10-6-3-7-11-18/h3,6-8,10-11,23H,2,4-5,9,12-16H2,1H3,(H2,20,21,22). The van der Waals surface area contributed by atoms with Gasteiger partial charge in [0, 0.05) is 26.7 Å². The summed E-state index contributed by atoms with van der Waals surface area (Å²) < 4.78 is 26.8. The zero-order valence-corrected chi connectivity index (χ0v) is 16.3. The molecule has 0 spiro atoms. The Morgan fingerprint density at radius 1 is 1.12 bits per heavy atom. The summed E-state index contributed by atoms with van der Waals surface area (Å²) in [4.78, 5) is 4.14. The third kappa shape index (κ3) is 8.01. The summed E-state index contributed by atoms with van der Waals surface area (Å²) in [5.41, 5.74) is 2.45. The number of aliphatic imine (C=N–C) groups is 1. The Bertz CT molecular complexity index is 700. The lowest BCUT2D eigenvalue weighted by molar-refractivity contribution is 0.580. The van der Waals surface area contributed by atoms with E-state index >= 15 is 0 Å². The molecule has 0 fully saturated rings. The van der Waals surface area contributed by atoms with E-state index in [0.29, 0.717) is 19.0 Å². The van der Waals surface area contributed by atoms with E-state index in [0.717, 1.165) is 18.5 Å². The number of guanidine groups is 1. The second kappa shape index (κ2) is 11.0. The molecule has 0 unspecified atom stereocenters. The molecule has 1 aromatic carbocycles. The van der Waals surface area contributed by atoms with Gasteiger partial charge in [0.05, 0.1) is 5.75 Å². The molecule has 1 aromatic rings. The summed E-state index contributed by atoms with van der Waals surface area (Å²) in [5.74, 6) is 0.644. The molecule has 0 saturated heterocycles. The molecule has 26 heavy (non-hydrogen) atoms. The molecule has 0 amide bonds. The molecule has 144 valence electrons. The van der Waals surface area contributed by atoms with E-state index in [9.17, 15) is 8.42 Å². The minimum Gasteiger partial charge on any atom is -0.356 e. The molecule has 0 bridgehead atoms. The van der Waals surface area contributed by atoms with Crippen molar-refractivity contribution in [2.24, 2.45) is 4.99 Å². The molecule has 1 aliphatic carbocycles. The fourth-order valence-corrected chi connectivity index (χ4v) is 3.76. The van der Waals surface area contributed by atoms with Gasteiger partial charge in [-0.3, -0.25) is 4.99 Å². The van der Waals surface area contributed by atoms with Crippen LogP contribution in [0.1, 0.15) is 37.7 Å². The molecular weight excluding hydrogens is 348 g/mol. The van der Waals surface area contributed by atoms with Crippen LogP contribution in [0.4, 0.5) is 0 Å². The van der Waals surface area contributed by atoms with Crippen molar-refractivity contribution >= 4 is 16.0 Å². The summed E-state index contributed by atoms with van der Waals surface area (Å²) in [6.45, 7) is 1.43. The van der Waals surface area contributed by atoms with Crippen molar-refractivity contribution in [3.63, 3.8) is 0 Å². The third-order valence-electron chi connectivity index (χ3n) is 4.35. The average Bonchev–Trinajstić information content (AvgIpc) is 2.67. The first kappa shape index (κ1) is 20.5. The van der Waals surface area contributed by atoms with Crippen molar-refractivity contribution in [3.8, 4) is 0 Å². The monoisotopic (exact) mass is 378 g/mol. The third-order valence-corrected chi connectivity index (χ3v) is 5.68. The van der Waals surface area contributed by atoms with Crippen LogP contribution in [0.2, 0.25) is 0 Å². The quantitative estimate of drug-likeness (QED) is 0.349. The fourth-order valence-electron chi connectivity index (χ4n) is 2.86. The van der Waals surface area contributed by atoms with Crippen LogP contribution in [-0.4, -0.2) is 40.3 Å². The maximum absolute atomic E-state index is 12.1. The number of benzene rings is 1. The molecule has 6 nitrogen and oxygen atoms in total. The van der Waals surface area contributed by atoms with Gasteiger partial charge in [0.1, 0.15) is 0 Å². The predicted molar refractivity (Wildman–Crippen MR) is 108 cm³/mol. The molecule has 0 heterocycles. The van der Waals surface area contributed by atoms with E-state index in [2.05, 4.69) is 26.4 Å². The van der Waals surface area contributed by atoms with E-state index in [1.165, 1.54) is 31.3 Å². The Morgan fingerprint density at radius 3 is 2.58 bits per heavy atom. The van der Waals surface area contributed by atoms with Gasteiger partial charge in [-0.1, -0.05) is 42.0 Å². The molecule has 7 heteroatoms. The molecule has 0 saturated carbocycles. The van der Waals surface area contributed by atoms with Gasteiger partial charge in [0.15, 0.2) is 5.96 Å². The highest BCUT2D eigenvalue weighted by atomic mass is 32.2. The van der Waals surface area contributed by atoms with Gasteiger partial charge in [-0.05, 0) is 37.7 Å². The van der Waals surface area contributed by atoms with Crippen molar-refractivity contribution in [2.75, 3.05) is 25.9 Å². The first-order valence-corrected chi connectivity index (χ1v) is 10.9. The fraction of sp³-hybridized carbons (Fsp3) is 0.526. The van der Waals surface area contributed by atoms with Crippen LogP contribution in [-0.2, 0) is 16.6 Å². The van der Waals surface area contributed by atoms with Crippen LogP contribution in [0.5, 0.6) is 0 Å². The summed E-state index contributed by atoms with van der Waals surface area (Å²) in [7, 11) is -1.63. The number of hydrogen-bond acceptors (Lipinski definition) is 3. The van der Waals surface area contributed by atoms with Crippen LogP contribution in [0.3, 0.4) is 0 Å². The maximum atomic E-state index is 12.1. The Morgan fingerprint density at radius 2 is 1.88 bits per heavy atom. The van der Waals surface area contributed by atoms with E-state index in [1.54, 1.807) is 7.05 Å². The largest absolute Gasteiger partial charge is 0.356 e. The molecule has 2 rings (SSSR count). The Balaban J connectivity index is 1.64. The molecule has 0 aliphatic heterocycles. The SMILES string of the molecule is CN=C(NCCC1=CCCCC1)NCCS(=O)(=O)NCc1ccccc1. The van der Waals surface area contributed by atoms with Gasteiger partial charge in [-0.25, -0.2) is 13.1 Å². The Kier molecular flexibility index (Phi) is 8.64. The van der Waals surface area contributed by atoms with Crippen molar-refractivity contribution in [2.45, 2.75) is 38.6 Å². The summed E-state index contributed by atoms with van der Waals surface area (Å²) in [6.07, 6.45) is 8.32. The van der Waals surface area contributed by atoms with Crippen LogP contribution < -0.4 is 15.4 Å². The zero-order valence-electron chi connectivity index (χ0n) is 15.5. The summed E-state index contributed by atoms with van der Waals surface area (Å²) in [6, 6.07) is 9.49. The van der Waals surface area contributed by atoms with E-state index < -0.39 is 10.0 Å². The smallest absolute Gasteiger partial charge is 0.213 e. The summed E-state index contributed by atoms with van der Waals surface area (Å²) in [5, 5.41) is 6.31. The van der Waals surface area contributed by atoms with Crippen molar-refractivity contribution in [1.29, 1.82) is 0 Å². The van der Waals surface area contributed by atoms with Gasteiger partial charge >= 0.3 is 0 Å². The minimum absolute atomic E-state index is 0.00564. The van der Waals surface area contributed by atoms with Crippen LogP contribution >= 0.6 is 0 Å². The van der Waals surface area contributed by atoms with E-state index in [-0.39, 0.29) is 5.75 Å².